The number of carbonyl (C=O) groups excluding carboxylic acids is 1. The first kappa shape index (κ1) is 13.0. The minimum atomic E-state index is -0.929. The van der Waals surface area contributed by atoms with Crippen LogP contribution in [0.3, 0.4) is 0 Å². The summed E-state index contributed by atoms with van der Waals surface area (Å²) in [7, 11) is 1.80. The fourth-order valence-corrected chi connectivity index (χ4v) is 2.09. The van der Waals surface area contributed by atoms with Crippen molar-refractivity contribution in [3.63, 3.8) is 0 Å². The van der Waals surface area contributed by atoms with Crippen molar-refractivity contribution in [2.75, 3.05) is 18.9 Å². The van der Waals surface area contributed by atoms with Crippen molar-refractivity contribution in [3.8, 4) is 0 Å². The van der Waals surface area contributed by atoms with Crippen molar-refractivity contribution in [1.82, 2.24) is 5.32 Å². The predicted octanol–water partition coefficient (Wildman–Crippen LogP) is 0.185. The molecule has 98 valence electrons. The average molecular weight is 250 g/mol. The van der Waals surface area contributed by atoms with E-state index in [1.54, 1.807) is 19.2 Å². The van der Waals surface area contributed by atoms with Gasteiger partial charge in [0.15, 0.2) is 0 Å². The standard InChI is InChI=1S/C13H18N2O3/c1-14-5-4-11(16)13(18)9-3-2-8-7-12(17)15-10(8)6-9/h2-3,6,11,13-14,16,18H,4-5,7H2,1H3,(H,15,17). The molecule has 1 amide bonds. The average Bonchev–Trinajstić information content (AvgIpc) is 2.73. The van der Waals surface area contributed by atoms with Crippen molar-refractivity contribution in [3.05, 3.63) is 29.3 Å². The molecule has 0 aliphatic carbocycles. The molecular weight excluding hydrogens is 232 g/mol. The molecule has 0 aromatic heterocycles. The summed E-state index contributed by atoms with van der Waals surface area (Å²) in [4.78, 5) is 11.2. The summed E-state index contributed by atoms with van der Waals surface area (Å²) in [6, 6.07) is 5.30. The molecule has 18 heavy (non-hydrogen) atoms. The van der Waals surface area contributed by atoms with Crippen LogP contribution in [0.25, 0.3) is 0 Å². The summed E-state index contributed by atoms with van der Waals surface area (Å²) in [6.07, 6.45) is -0.886. The van der Waals surface area contributed by atoms with Crippen molar-refractivity contribution < 1.29 is 15.0 Å². The molecule has 1 heterocycles. The Balaban J connectivity index is 2.10. The molecule has 2 unspecified atom stereocenters. The summed E-state index contributed by atoms with van der Waals surface area (Å²) in [6.45, 7) is 0.639. The highest BCUT2D eigenvalue weighted by molar-refractivity contribution is 5.99. The smallest absolute Gasteiger partial charge is 0.228 e. The predicted molar refractivity (Wildman–Crippen MR) is 68.3 cm³/mol. The topological polar surface area (TPSA) is 81.6 Å². The first-order valence-electron chi connectivity index (χ1n) is 6.05. The second-order valence-electron chi connectivity index (χ2n) is 4.55. The normalized spacial score (nSPS) is 17.2. The lowest BCUT2D eigenvalue weighted by Crippen LogP contribution is -2.23. The number of amides is 1. The zero-order chi connectivity index (χ0) is 13.1. The molecule has 4 N–H and O–H groups in total. The summed E-state index contributed by atoms with van der Waals surface area (Å²) in [5, 5.41) is 25.5. The number of benzene rings is 1. The number of nitrogens with one attached hydrogen (secondary N) is 2. The number of rotatable bonds is 5. The summed E-state index contributed by atoms with van der Waals surface area (Å²) in [5.74, 6) is -0.0348. The minimum Gasteiger partial charge on any atom is -0.390 e. The van der Waals surface area contributed by atoms with Gasteiger partial charge in [0.25, 0.3) is 0 Å². The molecular formula is C13H18N2O3. The van der Waals surface area contributed by atoms with Crippen LogP contribution in [0.2, 0.25) is 0 Å². The SMILES string of the molecule is CNCCC(O)C(O)c1ccc2c(c1)NC(=O)C2. The monoisotopic (exact) mass is 250 g/mol. The van der Waals surface area contributed by atoms with Gasteiger partial charge in [-0.3, -0.25) is 4.79 Å². The molecule has 1 aromatic carbocycles. The molecule has 0 saturated carbocycles. The molecule has 5 heteroatoms. The molecule has 0 radical (unpaired) electrons. The molecule has 5 nitrogen and oxygen atoms in total. The maximum Gasteiger partial charge on any atom is 0.228 e. The molecule has 2 rings (SSSR count). The number of fused-ring (bicyclic) bond motifs is 1. The highest BCUT2D eigenvalue weighted by Crippen LogP contribution is 2.28. The van der Waals surface area contributed by atoms with E-state index in [1.165, 1.54) is 0 Å². The van der Waals surface area contributed by atoms with E-state index in [2.05, 4.69) is 10.6 Å². The quantitative estimate of drug-likeness (QED) is 0.601. The van der Waals surface area contributed by atoms with Gasteiger partial charge in [0.2, 0.25) is 5.91 Å². The Morgan fingerprint density at radius 3 is 2.94 bits per heavy atom. The minimum absolute atomic E-state index is 0.0348. The van der Waals surface area contributed by atoms with Gasteiger partial charge in [-0.05, 0) is 37.2 Å². The molecule has 0 fully saturated rings. The molecule has 1 aliphatic rings. The van der Waals surface area contributed by atoms with Crippen molar-refractivity contribution in [2.45, 2.75) is 25.0 Å². The van der Waals surface area contributed by atoms with Gasteiger partial charge in [-0.15, -0.1) is 0 Å². The number of aliphatic hydroxyl groups is 2. The second kappa shape index (κ2) is 5.48. The largest absolute Gasteiger partial charge is 0.390 e. The molecule has 1 aromatic rings. The Labute approximate surface area is 106 Å². The van der Waals surface area contributed by atoms with Crippen LogP contribution in [-0.4, -0.2) is 35.8 Å². The molecule has 0 spiro atoms. The van der Waals surface area contributed by atoms with Crippen LogP contribution >= 0.6 is 0 Å². The third-order valence-electron chi connectivity index (χ3n) is 3.16. The first-order chi connectivity index (χ1) is 8.61. The Kier molecular flexibility index (Phi) is 3.96. The van der Waals surface area contributed by atoms with Crippen LogP contribution in [0.1, 0.15) is 23.7 Å². The zero-order valence-corrected chi connectivity index (χ0v) is 10.3. The van der Waals surface area contributed by atoms with Gasteiger partial charge >= 0.3 is 0 Å². The number of hydrogen-bond acceptors (Lipinski definition) is 4. The van der Waals surface area contributed by atoms with Crippen LogP contribution in [-0.2, 0) is 11.2 Å². The van der Waals surface area contributed by atoms with Crippen LogP contribution in [0.4, 0.5) is 5.69 Å². The van der Waals surface area contributed by atoms with E-state index in [-0.39, 0.29) is 5.91 Å². The lowest BCUT2D eigenvalue weighted by Gasteiger charge is -2.18. The molecule has 0 saturated heterocycles. The lowest BCUT2D eigenvalue weighted by molar-refractivity contribution is -0.115. The van der Waals surface area contributed by atoms with Gasteiger partial charge in [-0.2, -0.15) is 0 Å². The fraction of sp³-hybridized carbons (Fsp3) is 0.462. The van der Waals surface area contributed by atoms with Gasteiger partial charge in [-0.25, -0.2) is 0 Å². The summed E-state index contributed by atoms with van der Waals surface area (Å²) in [5.41, 5.74) is 2.29. The maximum atomic E-state index is 11.2. The highest BCUT2D eigenvalue weighted by Gasteiger charge is 2.22. The van der Waals surface area contributed by atoms with Crippen LogP contribution < -0.4 is 10.6 Å². The van der Waals surface area contributed by atoms with E-state index in [0.29, 0.717) is 24.9 Å². The van der Waals surface area contributed by atoms with Gasteiger partial charge in [0.05, 0.1) is 12.5 Å². The third kappa shape index (κ3) is 2.69. The van der Waals surface area contributed by atoms with E-state index in [4.69, 9.17) is 0 Å². The molecule has 0 bridgehead atoms. The fourth-order valence-electron chi connectivity index (χ4n) is 2.09. The first-order valence-corrected chi connectivity index (χ1v) is 6.05. The third-order valence-corrected chi connectivity index (χ3v) is 3.16. The number of carbonyl (C=O) groups is 1. The van der Waals surface area contributed by atoms with E-state index in [9.17, 15) is 15.0 Å². The highest BCUT2D eigenvalue weighted by atomic mass is 16.3. The van der Waals surface area contributed by atoms with Crippen LogP contribution in [0, 0.1) is 0 Å². The number of anilines is 1. The zero-order valence-electron chi connectivity index (χ0n) is 10.3. The van der Waals surface area contributed by atoms with E-state index >= 15 is 0 Å². The van der Waals surface area contributed by atoms with Crippen molar-refractivity contribution in [2.24, 2.45) is 0 Å². The number of aliphatic hydroxyl groups excluding tert-OH is 2. The Hall–Kier alpha value is -1.43. The van der Waals surface area contributed by atoms with Crippen molar-refractivity contribution >= 4 is 11.6 Å². The Morgan fingerprint density at radius 2 is 2.22 bits per heavy atom. The van der Waals surface area contributed by atoms with E-state index in [1.807, 2.05) is 6.07 Å². The second-order valence-corrected chi connectivity index (χ2v) is 4.55. The Morgan fingerprint density at radius 1 is 1.44 bits per heavy atom. The van der Waals surface area contributed by atoms with Crippen molar-refractivity contribution in [1.29, 1.82) is 0 Å². The van der Waals surface area contributed by atoms with Gasteiger partial charge in [-0.1, -0.05) is 12.1 Å². The van der Waals surface area contributed by atoms with Gasteiger partial charge < -0.3 is 20.8 Å². The molecule has 2 atom stereocenters. The Bertz CT molecular complexity index is 448. The summed E-state index contributed by atoms with van der Waals surface area (Å²) >= 11 is 0. The van der Waals surface area contributed by atoms with Crippen LogP contribution in [0.15, 0.2) is 18.2 Å². The number of hydrogen-bond donors (Lipinski definition) is 4. The van der Waals surface area contributed by atoms with Crippen LogP contribution in [0.5, 0.6) is 0 Å². The summed E-state index contributed by atoms with van der Waals surface area (Å²) < 4.78 is 0. The van der Waals surface area contributed by atoms with Gasteiger partial charge in [0.1, 0.15) is 6.10 Å². The molecule has 1 aliphatic heterocycles. The lowest BCUT2D eigenvalue weighted by atomic mass is 10.00. The van der Waals surface area contributed by atoms with Gasteiger partial charge in [0, 0.05) is 5.69 Å². The van der Waals surface area contributed by atoms with E-state index < -0.39 is 12.2 Å². The van der Waals surface area contributed by atoms with E-state index in [0.717, 1.165) is 11.3 Å². The maximum absolute atomic E-state index is 11.2.